The van der Waals surface area contributed by atoms with Gasteiger partial charge < -0.3 is 4.57 Å². The third kappa shape index (κ3) is 3.99. The van der Waals surface area contributed by atoms with Gasteiger partial charge in [0.2, 0.25) is 0 Å². The lowest BCUT2D eigenvalue weighted by Crippen LogP contribution is -2.34. The number of piperidine rings is 1. The van der Waals surface area contributed by atoms with Crippen LogP contribution in [0.5, 0.6) is 0 Å². The number of aromatic nitrogens is 2. The summed E-state index contributed by atoms with van der Waals surface area (Å²) in [6, 6.07) is 19.3. The number of para-hydroxylation sites is 2. The Morgan fingerprint density at radius 1 is 0.962 bits per heavy atom. The van der Waals surface area contributed by atoms with Crippen molar-refractivity contribution >= 4 is 11.0 Å². The number of hydrogen-bond acceptors (Lipinski definition) is 2. The van der Waals surface area contributed by atoms with Crippen molar-refractivity contribution in [2.45, 2.75) is 38.6 Å². The summed E-state index contributed by atoms with van der Waals surface area (Å²) in [5, 5.41) is 0. The van der Waals surface area contributed by atoms with Gasteiger partial charge >= 0.3 is 0 Å². The van der Waals surface area contributed by atoms with Crippen LogP contribution in [0, 0.1) is 5.92 Å². The van der Waals surface area contributed by atoms with Gasteiger partial charge in [0, 0.05) is 7.05 Å². The molecule has 0 N–H and O–H groups in total. The Morgan fingerprint density at radius 3 is 2.46 bits per heavy atom. The molecule has 0 spiro atoms. The van der Waals surface area contributed by atoms with Gasteiger partial charge in [-0.05, 0) is 62.4 Å². The number of hydrogen-bond donors (Lipinski definition) is 0. The molecule has 2 heterocycles. The second-order valence-electron chi connectivity index (χ2n) is 7.67. The highest BCUT2D eigenvalue weighted by molar-refractivity contribution is 5.75. The minimum absolute atomic E-state index is 0.899. The van der Waals surface area contributed by atoms with Crippen molar-refractivity contribution in [2.24, 2.45) is 13.0 Å². The van der Waals surface area contributed by atoms with Crippen LogP contribution in [0.4, 0.5) is 0 Å². The summed E-state index contributed by atoms with van der Waals surface area (Å²) in [6.45, 7) is 3.39. The van der Waals surface area contributed by atoms with E-state index in [1.165, 1.54) is 62.1 Å². The van der Waals surface area contributed by atoms with E-state index in [0.29, 0.717) is 0 Å². The number of likely N-dealkylation sites (tertiary alicyclic amines) is 1. The van der Waals surface area contributed by atoms with E-state index in [-0.39, 0.29) is 0 Å². The maximum absolute atomic E-state index is 4.83. The average Bonchev–Trinajstić information content (AvgIpc) is 3.00. The zero-order valence-corrected chi connectivity index (χ0v) is 15.8. The lowest BCUT2D eigenvalue weighted by atomic mass is 9.91. The maximum atomic E-state index is 4.83. The van der Waals surface area contributed by atoms with Gasteiger partial charge in [-0.3, -0.25) is 4.90 Å². The summed E-state index contributed by atoms with van der Waals surface area (Å²) >= 11 is 0. The molecule has 0 unspecified atom stereocenters. The second kappa shape index (κ2) is 8.05. The number of imidazole rings is 1. The standard InChI is InChI=1S/C23H29N3/c1-25-22-13-6-5-12-21(22)24-23(25)18-26-16-14-20(15-17-26)11-7-10-19-8-3-2-4-9-19/h2-6,8-9,12-13,20H,7,10-11,14-18H2,1H3. The van der Waals surface area contributed by atoms with Crippen molar-refractivity contribution in [1.82, 2.24) is 14.5 Å². The van der Waals surface area contributed by atoms with Crippen LogP contribution in [0.3, 0.4) is 0 Å². The minimum Gasteiger partial charge on any atom is -0.330 e. The number of aryl methyl sites for hydroxylation is 2. The van der Waals surface area contributed by atoms with E-state index in [1.54, 1.807) is 0 Å². The molecule has 3 heteroatoms. The molecule has 3 aromatic rings. The van der Waals surface area contributed by atoms with E-state index in [2.05, 4.69) is 71.1 Å². The summed E-state index contributed by atoms with van der Waals surface area (Å²) < 4.78 is 2.25. The van der Waals surface area contributed by atoms with Gasteiger partial charge in [0.1, 0.15) is 5.82 Å². The van der Waals surface area contributed by atoms with E-state index in [1.807, 2.05) is 0 Å². The summed E-state index contributed by atoms with van der Waals surface area (Å²) in [4.78, 5) is 7.41. The minimum atomic E-state index is 0.899. The van der Waals surface area contributed by atoms with Crippen LogP contribution in [0.25, 0.3) is 11.0 Å². The van der Waals surface area contributed by atoms with E-state index < -0.39 is 0 Å². The van der Waals surface area contributed by atoms with Gasteiger partial charge in [0.05, 0.1) is 17.6 Å². The van der Waals surface area contributed by atoms with Gasteiger partial charge in [-0.2, -0.15) is 0 Å². The van der Waals surface area contributed by atoms with Crippen LogP contribution < -0.4 is 0 Å². The Kier molecular flexibility index (Phi) is 5.35. The third-order valence-corrected chi connectivity index (χ3v) is 5.87. The molecule has 0 radical (unpaired) electrons. The second-order valence-corrected chi connectivity index (χ2v) is 7.67. The van der Waals surface area contributed by atoms with Gasteiger partial charge in [0.15, 0.2) is 0 Å². The first-order valence-corrected chi connectivity index (χ1v) is 9.96. The van der Waals surface area contributed by atoms with E-state index in [4.69, 9.17) is 4.98 Å². The Bertz CT molecular complexity index is 829. The summed E-state index contributed by atoms with van der Waals surface area (Å²) in [5.41, 5.74) is 3.82. The molecular formula is C23H29N3. The van der Waals surface area contributed by atoms with E-state index in [0.717, 1.165) is 18.0 Å². The molecule has 0 aliphatic carbocycles. The lowest BCUT2D eigenvalue weighted by Gasteiger charge is -2.31. The predicted octanol–water partition coefficient (Wildman–Crippen LogP) is 4.81. The first kappa shape index (κ1) is 17.3. The third-order valence-electron chi connectivity index (χ3n) is 5.87. The highest BCUT2D eigenvalue weighted by Gasteiger charge is 2.20. The van der Waals surface area contributed by atoms with E-state index >= 15 is 0 Å². The summed E-state index contributed by atoms with van der Waals surface area (Å²) in [5.74, 6) is 2.09. The molecule has 26 heavy (non-hydrogen) atoms. The Balaban J connectivity index is 1.25. The van der Waals surface area contributed by atoms with Crippen molar-refractivity contribution in [3.05, 3.63) is 66.0 Å². The molecule has 3 nitrogen and oxygen atoms in total. The monoisotopic (exact) mass is 347 g/mol. The SMILES string of the molecule is Cn1c(CN2CCC(CCCc3ccccc3)CC2)nc2ccccc21. The van der Waals surface area contributed by atoms with Crippen molar-refractivity contribution in [2.75, 3.05) is 13.1 Å². The number of rotatable bonds is 6. The zero-order valence-electron chi connectivity index (χ0n) is 15.8. The first-order chi connectivity index (χ1) is 12.8. The number of nitrogens with zero attached hydrogens (tertiary/aromatic N) is 3. The van der Waals surface area contributed by atoms with Crippen LogP contribution in [0.1, 0.15) is 37.1 Å². The summed E-state index contributed by atoms with van der Waals surface area (Å²) in [6.07, 6.45) is 6.58. The van der Waals surface area contributed by atoms with Crippen molar-refractivity contribution in [3.8, 4) is 0 Å². The molecule has 136 valence electrons. The topological polar surface area (TPSA) is 21.1 Å². The normalized spacial score (nSPS) is 16.3. The molecule has 2 aromatic carbocycles. The van der Waals surface area contributed by atoms with Crippen molar-refractivity contribution in [1.29, 1.82) is 0 Å². The quantitative estimate of drug-likeness (QED) is 0.638. The van der Waals surface area contributed by atoms with Gasteiger partial charge in [-0.15, -0.1) is 0 Å². The average molecular weight is 348 g/mol. The van der Waals surface area contributed by atoms with Crippen LogP contribution >= 0.6 is 0 Å². The molecule has 0 amide bonds. The van der Waals surface area contributed by atoms with Gasteiger partial charge in [-0.1, -0.05) is 48.9 Å². The largest absolute Gasteiger partial charge is 0.330 e. The lowest BCUT2D eigenvalue weighted by molar-refractivity contribution is 0.166. The molecule has 0 bridgehead atoms. The molecular weight excluding hydrogens is 318 g/mol. The zero-order chi connectivity index (χ0) is 17.8. The van der Waals surface area contributed by atoms with Crippen LogP contribution in [0.15, 0.2) is 54.6 Å². The van der Waals surface area contributed by atoms with Crippen molar-refractivity contribution in [3.63, 3.8) is 0 Å². The Hall–Kier alpha value is -2.13. The fraction of sp³-hybridized carbons (Fsp3) is 0.435. The molecule has 0 saturated carbocycles. The first-order valence-electron chi connectivity index (χ1n) is 9.96. The molecule has 4 rings (SSSR count). The molecule has 0 atom stereocenters. The van der Waals surface area contributed by atoms with Gasteiger partial charge in [0.25, 0.3) is 0 Å². The number of fused-ring (bicyclic) bond motifs is 1. The predicted molar refractivity (Wildman–Crippen MR) is 108 cm³/mol. The molecule has 1 aromatic heterocycles. The fourth-order valence-electron chi connectivity index (χ4n) is 4.21. The molecule has 1 aliphatic heterocycles. The maximum Gasteiger partial charge on any atom is 0.123 e. The molecule has 1 aliphatic rings. The van der Waals surface area contributed by atoms with E-state index in [9.17, 15) is 0 Å². The molecule has 1 saturated heterocycles. The Labute approximate surface area is 156 Å². The smallest absolute Gasteiger partial charge is 0.123 e. The van der Waals surface area contributed by atoms with Crippen molar-refractivity contribution < 1.29 is 0 Å². The molecule has 1 fully saturated rings. The van der Waals surface area contributed by atoms with Crippen LogP contribution in [-0.4, -0.2) is 27.5 Å². The fourth-order valence-corrected chi connectivity index (χ4v) is 4.21. The number of benzene rings is 2. The highest BCUT2D eigenvalue weighted by atomic mass is 15.2. The highest BCUT2D eigenvalue weighted by Crippen LogP contribution is 2.24. The summed E-state index contributed by atoms with van der Waals surface area (Å²) in [7, 11) is 2.14. The van der Waals surface area contributed by atoms with Crippen LogP contribution in [-0.2, 0) is 20.0 Å². The van der Waals surface area contributed by atoms with Gasteiger partial charge in [-0.25, -0.2) is 4.98 Å². The van der Waals surface area contributed by atoms with Crippen LogP contribution in [0.2, 0.25) is 0 Å². The Morgan fingerprint density at radius 2 is 1.69 bits per heavy atom.